The minimum absolute atomic E-state index is 0. The number of rotatable bonds is 3. The van der Waals surface area contributed by atoms with Crippen LogP contribution in [0.4, 0.5) is 4.39 Å². The van der Waals surface area contributed by atoms with E-state index >= 15 is 0 Å². The van der Waals surface area contributed by atoms with Gasteiger partial charge in [0.1, 0.15) is 5.82 Å². The molecule has 1 saturated heterocycles. The zero-order valence-corrected chi connectivity index (χ0v) is 16.1. The fraction of sp³-hybridized carbons (Fsp3) is 0.263. The van der Waals surface area contributed by atoms with Crippen LogP contribution in [0, 0.1) is 5.82 Å². The highest BCUT2D eigenvalue weighted by Crippen LogP contribution is 2.22. The average molecular weight is 412 g/mol. The van der Waals surface area contributed by atoms with Crippen LogP contribution in [0.3, 0.4) is 0 Å². The van der Waals surface area contributed by atoms with Crippen LogP contribution in [0.1, 0.15) is 26.3 Å². The van der Waals surface area contributed by atoms with Gasteiger partial charge in [0.15, 0.2) is 0 Å². The smallest absolute Gasteiger partial charge is 0.258 e. The molecule has 2 aromatic carbocycles. The molecule has 0 spiro atoms. The number of carbonyl (C=O) groups is 2. The van der Waals surface area contributed by atoms with Crippen molar-refractivity contribution in [1.29, 1.82) is 0 Å². The van der Waals surface area contributed by atoms with Gasteiger partial charge >= 0.3 is 0 Å². The molecule has 1 aliphatic rings. The van der Waals surface area contributed by atoms with Gasteiger partial charge in [-0.3, -0.25) is 9.59 Å². The summed E-state index contributed by atoms with van der Waals surface area (Å²) in [7, 11) is 0. The van der Waals surface area contributed by atoms with Crippen molar-refractivity contribution >= 4 is 35.8 Å². The Bertz CT molecular complexity index is 802. The van der Waals surface area contributed by atoms with E-state index in [1.807, 2.05) is 12.1 Å². The molecule has 0 bridgehead atoms. The van der Waals surface area contributed by atoms with E-state index in [1.165, 1.54) is 23.1 Å². The van der Waals surface area contributed by atoms with Crippen LogP contribution in [-0.2, 0) is 6.54 Å². The summed E-state index contributed by atoms with van der Waals surface area (Å²) in [6.45, 7) is 1.85. The highest BCUT2D eigenvalue weighted by atomic mass is 35.5. The first-order valence-electron chi connectivity index (χ1n) is 8.33. The second-order valence-corrected chi connectivity index (χ2v) is 6.49. The van der Waals surface area contributed by atoms with E-state index in [1.54, 1.807) is 17.0 Å². The van der Waals surface area contributed by atoms with Gasteiger partial charge in [0, 0.05) is 38.3 Å². The number of hydrogen-bond acceptors (Lipinski definition) is 3. The zero-order valence-electron chi connectivity index (χ0n) is 14.5. The van der Waals surface area contributed by atoms with Gasteiger partial charge in [0.2, 0.25) is 0 Å². The van der Waals surface area contributed by atoms with Gasteiger partial charge in [-0.15, -0.1) is 12.4 Å². The molecule has 0 saturated carbocycles. The molecule has 2 amide bonds. The van der Waals surface area contributed by atoms with Crippen LogP contribution >= 0.6 is 24.0 Å². The van der Waals surface area contributed by atoms with E-state index in [9.17, 15) is 14.0 Å². The average Bonchev–Trinajstić information content (AvgIpc) is 2.67. The number of nitrogens with two attached hydrogens (primary N) is 1. The molecule has 5 nitrogen and oxygen atoms in total. The molecule has 0 atom stereocenters. The highest BCUT2D eigenvalue weighted by molar-refractivity contribution is 6.33. The van der Waals surface area contributed by atoms with Gasteiger partial charge < -0.3 is 15.5 Å². The second kappa shape index (κ2) is 9.17. The molecule has 27 heavy (non-hydrogen) atoms. The van der Waals surface area contributed by atoms with Crippen LogP contribution in [0.5, 0.6) is 0 Å². The van der Waals surface area contributed by atoms with Crippen molar-refractivity contribution in [3.63, 3.8) is 0 Å². The number of carbonyl (C=O) groups excluding carboxylic acids is 2. The number of halogens is 3. The lowest BCUT2D eigenvalue weighted by molar-refractivity contribution is 0.0533. The molecule has 0 radical (unpaired) electrons. The fourth-order valence-corrected chi connectivity index (χ4v) is 3.18. The van der Waals surface area contributed by atoms with E-state index < -0.39 is 11.7 Å². The Morgan fingerprint density at radius 2 is 1.52 bits per heavy atom. The molecule has 1 fully saturated rings. The fourth-order valence-electron chi connectivity index (χ4n) is 2.94. The van der Waals surface area contributed by atoms with Crippen LogP contribution in [0.2, 0.25) is 5.02 Å². The second-order valence-electron chi connectivity index (χ2n) is 6.08. The number of piperazine rings is 1. The summed E-state index contributed by atoms with van der Waals surface area (Å²) in [5.74, 6) is -1.18. The first kappa shape index (κ1) is 21.2. The first-order valence-corrected chi connectivity index (χ1v) is 8.70. The third-order valence-electron chi connectivity index (χ3n) is 4.47. The number of benzene rings is 2. The van der Waals surface area contributed by atoms with E-state index in [2.05, 4.69) is 0 Å². The van der Waals surface area contributed by atoms with Gasteiger partial charge in [-0.2, -0.15) is 0 Å². The Labute approximate surface area is 168 Å². The SMILES string of the molecule is Cl.NCc1ccc(C(=O)N2CCN(C(=O)c3c(F)cccc3Cl)CC2)cc1. The normalized spacial score (nSPS) is 13.9. The van der Waals surface area contributed by atoms with E-state index in [0.717, 1.165) is 5.56 Å². The Kier molecular flexibility index (Phi) is 7.18. The summed E-state index contributed by atoms with van der Waals surface area (Å²) >= 11 is 5.97. The molecule has 8 heteroatoms. The molecule has 1 aliphatic heterocycles. The molecular weight excluding hydrogens is 392 g/mol. The van der Waals surface area contributed by atoms with E-state index in [0.29, 0.717) is 38.3 Å². The molecule has 1 heterocycles. The van der Waals surface area contributed by atoms with Crippen molar-refractivity contribution in [3.8, 4) is 0 Å². The van der Waals surface area contributed by atoms with Crippen molar-refractivity contribution in [1.82, 2.24) is 9.80 Å². The van der Waals surface area contributed by atoms with Crippen molar-refractivity contribution in [2.24, 2.45) is 5.73 Å². The summed E-state index contributed by atoms with van der Waals surface area (Å²) in [6.07, 6.45) is 0. The maximum atomic E-state index is 13.9. The van der Waals surface area contributed by atoms with Gasteiger partial charge in [-0.05, 0) is 29.8 Å². The lowest BCUT2D eigenvalue weighted by atomic mass is 10.1. The summed E-state index contributed by atoms with van der Waals surface area (Å²) in [5, 5.41) is 0.0912. The van der Waals surface area contributed by atoms with Crippen molar-refractivity contribution in [2.45, 2.75) is 6.54 Å². The minimum Gasteiger partial charge on any atom is -0.335 e. The Morgan fingerprint density at radius 3 is 2.04 bits per heavy atom. The predicted molar refractivity (Wildman–Crippen MR) is 105 cm³/mol. The van der Waals surface area contributed by atoms with Gasteiger partial charge in [-0.25, -0.2) is 4.39 Å². The Balaban J connectivity index is 0.00000261. The Morgan fingerprint density at radius 1 is 0.963 bits per heavy atom. The van der Waals surface area contributed by atoms with Crippen molar-refractivity contribution in [2.75, 3.05) is 26.2 Å². The molecule has 3 rings (SSSR count). The highest BCUT2D eigenvalue weighted by Gasteiger charge is 2.28. The number of nitrogens with zero attached hydrogens (tertiary/aromatic N) is 2. The van der Waals surface area contributed by atoms with Crippen LogP contribution in [0.25, 0.3) is 0 Å². The summed E-state index contributed by atoms with van der Waals surface area (Å²) in [5.41, 5.74) is 6.98. The molecular formula is C19H20Cl2FN3O2. The predicted octanol–water partition coefficient (Wildman–Crippen LogP) is 2.96. The largest absolute Gasteiger partial charge is 0.335 e. The summed E-state index contributed by atoms with van der Waals surface area (Å²) < 4.78 is 13.9. The molecule has 0 aliphatic carbocycles. The standard InChI is InChI=1S/C19H19ClFN3O2.ClH/c20-15-2-1-3-16(21)17(15)19(26)24-10-8-23(9-11-24)18(25)14-6-4-13(12-22)5-7-14;/h1-7H,8-12,22H2;1H. The molecule has 0 aromatic heterocycles. The first-order chi connectivity index (χ1) is 12.5. The van der Waals surface area contributed by atoms with E-state index in [-0.39, 0.29) is 28.9 Å². The van der Waals surface area contributed by atoms with Crippen LogP contribution < -0.4 is 5.73 Å². The van der Waals surface area contributed by atoms with Gasteiger partial charge in [-0.1, -0.05) is 29.8 Å². The topological polar surface area (TPSA) is 66.6 Å². The minimum atomic E-state index is -0.638. The molecule has 2 aromatic rings. The van der Waals surface area contributed by atoms with Gasteiger partial charge in [0.05, 0.1) is 10.6 Å². The van der Waals surface area contributed by atoms with Gasteiger partial charge in [0.25, 0.3) is 11.8 Å². The van der Waals surface area contributed by atoms with Crippen LogP contribution in [-0.4, -0.2) is 47.8 Å². The third kappa shape index (κ3) is 4.58. The molecule has 2 N–H and O–H groups in total. The Hall–Kier alpha value is -2.15. The maximum absolute atomic E-state index is 13.9. The van der Waals surface area contributed by atoms with Crippen molar-refractivity contribution in [3.05, 3.63) is 70.0 Å². The molecule has 0 unspecified atom stereocenters. The maximum Gasteiger partial charge on any atom is 0.258 e. The quantitative estimate of drug-likeness (QED) is 0.843. The lowest BCUT2D eigenvalue weighted by Crippen LogP contribution is -2.50. The number of amides is 2. The summed E-state index contributed by atoms with van der Waals surface area (Å²) in [6, 6.07) is 11.3. The van der Waals surface area contributed by atoms with Crippen molar-refractivity contribution < 1.29 is 14.0 Å². The zero-order chi connectivity index (χ0) is 18.7. The van der Waals surface area contributed by atoms with Crippen LogP contribution in [0.15, 0.2) is 42.5 Å². The number of hydrogen-bond donors (Lipinski definition) is 1. The monoisotopic (exact) mass is 411 g/mol. The third-order valence-corrected chi connectivity index (χ3v) is 4.78. The molecule has 144 valence electrons. The summed E-state index contributed by atoms with van der Waals surface area (Å²) in [4.78, 5) is 28.3. The lowest BCUT2D eigenvalue weighted by Gasteiger charge is -2.35. The van der Waals surface area contributed by atoms with E-state index in [4.69, 9.17) is 17.3 Å².